The van der Waals surface area contributed by atoms with E-state index in [1.54, 1.807) is 12.1 Å². The predicted octanol–water partition coefficient (Wildman–Crippen LogP) is 1.89. The van der Waals surface area contributed by atoms with E-state index in [-0.39, 0.29) is 11.4 Å². The van der Waals surface area contributed by atoms with E-state index in [4.69, 9.17) is 4.74 Å². The maximum Gasteiger partial charge on any atom is 0.324 e. The van der Waals surface area contributed by atoms with Gasteiger partial charge in [-0.2, -0.15) is 0 Å². The normalized spacial score (nSPS) is 9.50. The van der Waals surface area contributed by atoms with Crippen LogP contribution in [0.1, 0.15) is 0 Å². The third-order valence-corrected chi connectivity index (χ3v) is 1.74. The summed E-state index contributed by atoms with van der Waals surface area (Å²) in [6.07, 6.45) is 0. The highest BCUT2D eigenvalue weighted by Gasteiger charge is 2.17. The van der Waals surface area contributed by atoms with Gasteiger partial charge in [0.05, 0.1) is 16.9 Å². The number of nitro groups is 1. The zero-order valence-electron chi connectivity index (χ0n) is 6.35. The molecule has 0 unspecified atom stereocenters. The number of benzene rings is 1. The van der Waals surface area contributed by atoms with Gasteiger partial charge in [-0.05, 0) is 12.1 Å². The third kappa shape index (κ3) is 1.50. The number of hydrogen-bond acceptors (Lipinski definition) is 4. The minimum absolute atomic E-state index is 0.0941. The van der Waals surface area contributed by atoms with Gasteiger partial charge in [-0.25, -0.2) is 0 Å². The first-order chi connectivity index (χ1) is 5.66. The highest BCUT2D eigenvalue weighted by atomic mass is 32.1. The van der Waals surface area contributed by atoms with Crippen LogP contribution in [0.5, 0.6) is 5.75 Å². The minimum Gasteiger partial charge on any atom is -0.490 e. The van der Waals surface area contributed by atoms with E-state index in [2.05, 4.69) is 12.6 Å². The van der Waals surface area contributed by atoms with Crippen molar-refractivity contribution in [1.29, 1.82) is 0 Å². The molecule has 0 aliphatic rings. The second-order valence-corrected chi connectivity index (χ2v) is 2.57. The second-order valence-electron chi connectivity index (χ2n) is 2.09. The molecule has 0 N–H and O–H groups in total. The average Bonchev–Trinajstić information content (AvgIpc) is 2.03. The lowest BCUT2D eigenvalue weighted by molar-refractivity contribution is -0.388. The van der Waals surface area contributed by atoms with Crippen molar-refractivity contribution in [2.45, 2.75) is 4.90 Å². The lowest BCUT2D eigenvalue weighted by Gasteiger charge is -2.01. The summed E-state index contributed by atoms with van der Waals surface area (Å²) in [5.74, 6) is 0.229. The zero-order chi connectivity index (χ0) is 9.14. The topological polar surface area (TPSA) is 52.4 Å². The molecule has 64 valence electrons. The van der Waals surface area contributed by atoms with E-state index < -0.39 is 4.92 Å². The summed E-state index contributed by atoms with van der Waals surface area (Å²) in [4.78, 5) is 10.3. The fourth-order valence-electron chi connectivity index (χ4n) is 0.859. The summed E-state index contributed by atoms with van der Waals surface area (Å²) in [5.41, 5.74) is -0.0941. The number of para-hydroxylation sites is 1. The summed E-state index contributed by atoms with van der Waals surface area (Å²) in [7, 11) is 1.38. The van der Waals surface area contributed by atoms with Crippen LogP contribution in [0.4, 0.5) is 5.69 Å². The average molecular weight is 185 g/mol. The van der Waals surface area contributed by atoms with Gasteiger partial charge in [0.2, 0.25) is 0 Å². The van der Waals surface area contributed by atoms with Crippen molar-refractivity contribution >= 4 is 18.3 Å². The molecule has 1 aromatic rings. The van der Waals surface area contributed by atoms with E-state index in [9.17, 15) is 10.1 Å². The van der Waals surface area contributed by atoms with Crippen LogP contribution >= 0.6 is 12.6 Å². The number of hydrogen-bond donors (Lipinski definition) is 1. The molecule has 5 heteroatoms. The van der Waals surface area contributed by atoms with Gasteiger partial charge in [-0.1, -0.05) is 6.07 Å². The van der Waals surface area contributed by atoms with Crippen LogP contribution < -0.4 is 4.74 Å². The Morgan fingerprint density at radius 2 is 2.25 bits per heavy atom. The van der Waals surface area contributed by atoms with Crippen molar-refractivity contribution in [3.8, 4) is 5.75 Å². The molecule has 0 atom stereocenters. The molecule has 0 heterocycles. The Morgan fingerprint density at radius 3 is 2.67 bits per heavy atom. The zero-order valence-corrected chi connectivity index (χ0v) is 7.25. The van der Waals surface area contributed by atoms with Crippen LogP contribution in [0.25, 0.3) is 0 Å². The van der Waals surface area contributed by atoms with E-state index in [1.165, 1.54) is 13.2 Å². The first-order valence-corrected chi connectivity index (χ1v) is 3.62. The van der Waals surface area contributed by atoms with Crippen molar-refractivity contribution in [1.82, 2.24) is 0 Å². The van der Waals surface area contributed by atoms with Crippen molar-refractivity contribution < 1.29 is 9.66 Å². The van der Waals surface area contributed by atoms with Crippen LogP contribution in [-0.4, -0.2) is 12.0 Å². The maximum absolute atomic E-state index is 10.5. The van der Waals surface area contributed by atoms with Gasteiger partial charge >= 0.3 is 5.69 Å². The molecule has 0 saturated heterocycles. The smallest absolute Gasteiger partial charge is 0.324 e. The fraction of sp³-hybridized carbons (Fsp3) is 0.143. The van der Waals surface area contributed by atoms with E-state index in [0.29, 0.717) is 4.90 Å². The molecule has 0 aromatic heterocycles. The minimum atomic E-state index is -0.513. The largest absolute Gasteiger partial charge is 0.490 e. The van der Waals surface area contributed by atoms with Crippen molar-refractivity contribution in [3.63, 3.8) is 0 Å². The van der Waals surface area contributed by atoms with Crippen LogP contribution in [0.2, 0.25) is 0 Å². The SMILES string of the molecule is COc1cccc(S)c1[N+](=O)[O-]. The first-order valence-electron chi connectivity index (χ1n) is 3.17. The van der Waals surface area contributed by atoms with Gasteiger partial charge in [0, 0.05) is 0 Å². The van der Waals surface area contributed by atoms with Gasteiger partial charge in [0.15, 0.2) is 5.75 Å². The molecule has 0 fully saturated rings. The number of thiol groups is 1. The molecule has 0 spiro atoms. The van der Waals surface area contributed by atoms with Crippen molar-refractivity contribution in [2.24, 2.45) is 0 Å². The first kappa shape index (κ1) is 8.86. The molecule has 1 rings (SSSR count). The Balaban J connectivity index is 3.29. The molecule has 0 aliphatic carbocycles. The highest BCUT2D eigenvalue weighted by molar-refractivity contribution is 7.80. The molecule has 0 radical (unpaired) electrons. The number of nitro benzene ring substituents is 1. The molecule has 0 saturated carbocycles. The van der Waals surface area contributed by atoms with Gasteiger partial charge in [-0.3, -0.25) is 10.1 Å². The van der Waals surface area contributed by atoms with Gasteiger partial charge in [-0.15, -0.1) is 12.6 Å². The Labute approximate surface area is 74.7 Å². The highest BCUT2D eigenvalue weighted by Crippen LogP contribution is 2.32. The molecular weight excluding hydrogens is 178 g/mol. The third-order valence-electron chi connectivity index (χ3n) is 1.38. The number of rotatable bonds is 2. The molecule has 12 heavy (non-hydrogen) atoms. The Hall–Kier alpha value is -1.23. The Morgan fingerprint density at radius 1 is 1.58 bits per heavy atom. The molecule has 0 amide bonds. The van der Waals surface area contributed by atoms with Gasteiger partial charge < -0.3 is 4.74 Å². The summed E-state index contributed by atoms with van der Waals surface area (Å²) < 4.78 is 4.80. The summed E-state index contributed by atoms with van der Waals surface area (Å²) in [5, 5.41) is 10.5. The molecule has 0 aliphatic heterocycles. The van der Waals surface area contributed by atoms with Crippen LogP contribution in [0.3, 0.4) is 0 Å². The Kier molecular flexibility index (Phi) is 2.54. The van der Waals surface area contributed by atoms with Crippen LogP contribution in [0.15, 0.2) is 23.1 Å². The van der Waals surface area contributed by atoms with E-state index in [1.807, 2.05) is 0 Å². The quantitative estimate of drug-likeness (QED) is 0.435. The number of nitrogens with zero attached hydrogens (tertiary/aromatic N) is 1. The molecular formula is C7H7NO3S. The predicted molar refractivity (Wildman–Crippen MR) is 46.9 cm³/mol. The maximum atomic E-state index is 10.5. The monoisotopic (exact) mass is 185 g/mol. The number of ether oxygens (including phenoxy) is 1. The van der Waals surface area contributed by atoms with E-state index in [0.717, 1.165) is 0 Å². The van der Waals surface area contributed by atoms with Gasteiger partial charge in [0.1, 0.15) is 0 Å². The molecule has 0 bridgehead atoms. The summed E-state index contributed by atoms with van der Waals surface area (Å²) in [6, 6.07) is 4.72. The van der Waals surface area contributed by atoms with Crippen LogP contribution in [-0.2, 0) is 0 Å². The van der Waals surface area contributed by atoms with Crippen molar-refractivity contribution in [2.75, 3.05) is 7.11 Å². The Bertz CT molecular complexity index is 314. The lowest BCUT2D eigenvalue weighted by Crippen LogP contribution is -1.94. The van der Waals surface area contributed by atoms with Crippen LogP contribution in [0, 0.1) is 10.1 Å². The fourth-order valence-corrected chi connectivity index (χ4v) is 1.14. The standard InChI is InChI=1S/C7H7NO3S/c1-11-5-3-2-4-6(12)7(5)8(9)10/h2-4,12H,1H3. The van der Waals surface area contributed by atoms with E-state index >= 15 is 0 Å². The second kappa shape index (κ2) is 3.44. The molecule has 4 nitrogen and oxygen atoms in total. The summed E-state index contributed by atoms with van der Waals surface area (Å²) in [6.45, 7) is 0. The summed E-state index contributed by atoms with van der Waals surface area (Å²) >= 11 is 3.94. The van der Waals surface area contributed by atoms with Gasteiger partial charge in [0.25, 0.3) is 0 Å². The number of methoxy groups -OCH3 is 1. The van der Waals surface area contributed by atoms with Crippen molar-refractivity contribution in [3.05, 3.63) is 28.3 Å². The lowest BCUT2D eigenvalue weighted by atomic mass is 10.3. The molecule has 1 aromatic carbocycles.